The van der Waals surface area contributed by atoms with Gasteiger partial charge in [0.2, 0.25) is 0 Å². The van der Waals surface area contributed by atoms with E-state index in [1.807, 2.05) is 6.07 Å². The van der Waals surface area contributed by atoms with Crippen molar-refractivity contribution in [2.45, 2.75) is 38.8 Å². The molecular formula is C16H27NO2. The van der Waals surface area contributed by atoms with Gasteiger partial charge in [-0.15, -0.1) is 0 Å². The van der Waals surface area contributed by atoms with Gasteiger partial charge in [-0.05, 0) is 30.9 Å². The number of hydrogen-bond acceptors (Lipinski definition) is 3. The van der Waals surface area contributed by atoms with Crippen molar-refractivity contribution in [2.24, 2.45) is 5.92 Å². The minimum absolute atomic E-state index is 0.357. The molecule has 19 heavy (non-hydrogen) atoms. The molecule has 1 rings (SSSR count). The van der Waals surface area contributed by atoms with Crippen LogP contribution in [0.15, 0.2) is 30.3 Å². The molecule has 0 aliphatic carbocycles. The number of hydrogen-bond donors (Lipinski definition) is 2. The minimum Gasteiger partial charge on any atom is -0.391 e. The fourth-order valence-electron chi connectivity index (χ4n) is 2.19. The number of methoxy groups -OCH3 is 1. The number of aliphatic hydroxyl groups excluding tert-OH is 1. The predicted molar refractivity (Wildman–Crippen MR) is 79.1 cm³/mol. The van der Waals surface area contributed by atoms with Crippen LogP contribution in [0.5, 0.6) is 0 Å². The summed E-state index contributed by atoms with van der Waals surface area (Å²) >= 11 is 0. The Morgan fingerprint density at radius 2 is 1.89 bits per heavy atom. The lowest BCUT2D eigenvalue weighted by Crippen LogP contribution is -2.27. The summed E-state index contributed by atoms with van der Waals surface area (Å²) in [5.74, 6) is 0.640. The molecule has 2 unspecified atom stereocenters. The molecule has 0 fully saturated rings. The van der Waals surface area contributed by atoms with Gasteiger partial charge in [0, 0.05) is 13.2 Å². The SMILES string of the molecule is COCC(O)CCNC(CC(C)C)c1ccccc1. The van der Waals surface area contributed by atoms with Crippen LogP contribution in [0.4, 0.5) is 0 Å². The number of rotatable bonds is 9. The van der Waals surface area contributed by atoms with E-state index in [2.05, 4.69) is 43.4 Å². The molecule has 2 atom stereocenters. The minimum atomic E-state index is -0.382. The van der Waals surface area contributed by atoms with Crippen molar-refractivity contribution in [3.8, 4) is 0 Å². The second-order valence-corrected chi connectivity index (χ2v) is 5.44. The van der Waals surface area contributed by atoms with Crippen LogP contribution in [0.25, 0.3) is 0 Å². The fourth-order valence-corrected chi connectivity index (χ4v) is 2.19. The Morgan fingerprint density at radius 1 is 1.21 bits per heavy atom. The van der Waals surface area contributed by atoms with E-state index in [0.29, 0.717) is 18.6 Å². The van der Waals surface area contributed by atoms with Gasteiger partial charge in [-0.2, -0.15) is 0 Å². The molecule has 0 aromatic heterocycles. The van der Waals surface area contributed by atoms with Crippen molar-refractivity contribution in [1.29, 1.82) is 0 Å². The molecule has 0 heterocycles. The van der Waals surface area contributed by atoms with Gasteiger partial charge >= 0.3 is 0 Å². The standard InChI is InChI=1S/C16H27NO2/c1-13(2)11-16(14-7-5-4-6-8-14)17-10-9-15(18)12-19-3/h4-8,13,15-18H,9-12H2,1-3H3. The molecule has 0 saturated heterocycles. The third kappa shape index (κ3) is 6.71. The third-order valence-corrected chi connectivity index (χ3v) is 3.14. The van der Waals surface area contributed by atoms with Crippen LogP contribution in [0.3, 0.4) is 0 Å². The first-order chi connectivity index (χ1) is 9.13. The molecule has 0 aliphatic rings. The van der Waals surface area contributed by atoms with Gasteiger partial charge in [0.05, 0.1) is 12.7 Å². The lowest BCUT2D eigenvalue weighted by atomic mass is 9.97. The summed E-state index contributed by atoms with van der Waals surface area (Å²) in [6.45, 7) is 5.67. The smallest absolute Gasteiger partial charge is 0.0785 e. The highest BCUT2D eigenvalue weighted by atomic mass is 16.5. The van der Waals surface area contributed by atoms with Crippen LogP contribution in [0.2, 0.25) is 0 Å². The molecule has 0 bridgehead atoms. The second kappa shape index (κ2) is 9.08. The molecule has 1 aromatic rings. The van der Waals surface area contributed by atoms with Crippen molar-refractivity contribution in [3.05, 3.63) is 35.9 Å². The Kier molecular flexibility index (Phi) is 7.72. The van der Waals surface area contributed by atoms with Crippen LogP contribution in [-0.2, 0) is 4.74 Å². The summed E-state index contributed by atoms with van der Waals surface area (Å²) in [5.41, 5.74) is 1.32. The van der Waals surface area contributed by atoms with Gasteiger partial charge in [0.25, 0.3) is 0 Å². The normalized spacial score (nSPS) is 14.6. The maximum absolute atomic E-state index is 9.65. The largest absolute Gasteiger partial charge is 0.391 e. The summed E-state index contributed by atoms with van der Waals surface area (Å²) in [4.78, 5) is 0. The molecule has 0 saturated carbocycles. The van der Waals surface area contributed by atoms with E-state index in [1.54, 1.807) is 7.11 Å². The van der Waals surface area contributed by atoms with Crippen molar-refractivity contribution < 1.29 is 9.84 Å². The Hall–Kier alpha value is -0.900. The molecule has 108 valence electrons. The van der Waals surface area contributed by atoms with E-state index < -0.39 is 0 Å². The number of aliphatic hydroxyl groups is 1. The Morgan fingerprint density at radius 3 is 2.47 bits per heavy atom. The molecule has 0 spiro atoms. The summed E-state index contributed by atoms with van der Waals surface area (Å²) < 4.78 is 4.93. The Bertz CT molecular complexity index is 327. The number of benzene rings is 1. The molecule has 0 radical (unpaired) electrons. The highest BCUT2D eigenvalue weighted by Crippen LogP contribution is 2.20. The first kappa shape index (κ1) is 16.2. The molecule has 2 N–H and O–H groups in total. The predicted octanol–water partition coefficient (Wildman–Crippen LogP) is 2.76. The van der Waals surface area contributed by atoms with Gasteiger partial charge in [0.1, 0.15) is 0 Å². The highest BCUT2D eigenvalue weighted by Gasteiger charge is 2.13. The van der Waals surface area contributed by atoms with Gasteiger partial charge in [-0.25, -0.2) is 0 Å². The monoisotopic (exact) mass is 265 g/mol. The van der Waals surface area contributed by atoms with Crippen molar-refractivity contribution in [2.75, 3.05) is 20.3 Å². The van der Waals surface area contributed by atoms with Crippen LogP contribution in [-0.4, -0.2) is 31.5 Å². The van der Waals surface area contributed by atoms with Crippen molar-refractivity contribution in [1.82, 2.24) is 5.32 Å². The maximum atomic E-state index is 9.65. The van der Waals surface area contributed by atoms with E-state index in [0.717, 1.165) is 19.4 Å². The molecule has 1 aromatic carbocycles. The zero-order chi connectivity index (χ0) is 14.1. The lowest BCUT2D eigenvalue weighted by Gasteiger charge is -2.22. The van der Waals surface area contributed by atoms with Gasteiger partial charge in [-0.1, -0.05) is 44.2 Å². The van der Waals surface area contributed by atoms with Crippen molar-refractivity contribution >= 4 is 0 Å². The molecule has 0 amide bonds. The average molecular weight is 265 g/mol. The average Bonchev–Trinajstić information content (AvgIpc) is 2.38. The Balaban J connectivity index is 2.47. The van der Waals surface area contributed by atoms with Crippen LogP contribution < -0.4 is 5.32 Å². The Labute approximate surface area is 117 Å². The zero-order valence-electron chi connectivity index (χ0n) is 12.3. The van der Waals surface area contributed by atoms with Gasteiger partial charge in [-0.3, -0.25) is 0 Å². The molecule has 0 aliphatic heterocycles. The number of ether oxygens (including phenoxy) is 1. The third-order valence-electron chi connectivity index (χ3n) is 3.14. The molecule has 3 heteroatoms. The molecular weight excluding hydrogens is 238 g/mol. The maximum Gasteiger partial charge on any atom is 0.0785 e. The van der Waals surface area contributed by atoms with E-state index in [-0.39, 0.29) is 6.10 Å². The fraction of sp³-hybridized carbons (Fsp3) is 0.625. The topological polar surface area (TPSA) is 41.5 Å². The van der Waals surface area contributed by atoms with Crippen LogP contribution in [0.1, 0.15) is 38.3 Å². The molecule has 3 nitrogen and oxygen atoms in total. The van der Waals surface area contributed by atoms with Gasteiger partial charge in [0.15, 0.2) is 0 Å². The summed E-state index contributed by atoms with van der Waals surface area (Å²) in [7, 11) is 1.61. The first-order valence-electron chi connectivity index (χ1n) is 7.08. The summed E-state index contributed by atoms with van der Waals surface area (Å²) in [5, 5.41) is 13.2. The number of nitrogens with one attached hydrogen (secondary N) is 1. The van der Waals surface area contributed by atoms with E-state index in [1.165, 1.54) is 5.56 Å². The first-order valence-corrected chi connectivity index (χ1v) is 7.08. The van der Waals surface area contributed by atoms with Crippen molar-refractivity contribution in [3.63, 3.8) is 0 Å². The van der Waals surface area contributed by atoms with E-state index in [9.17, 15) is 5.11 Å². The highest BCUT2D eigenvalue weighted by molar-refractivity contribution is 5.18. The summed E-state index contributed by atoms with van der Waals surface area (Å²) in [6, 6.07) is 10.9. The quantitative estimate of drug-likeness (QED) is 0.721. The van der Waals surface area contributed by atoms with Crippen LogP contribution in [0, 0.1) is 5.92 Å². The van der Waals surface area contributed by atoms with Crippen LogP contribution >= 0.6 is 0 Å². The lowest BCUT2D eigenvalue weighted by molar-refractivity contribution is 0.0588. The summed E-state index contributed by atoms with van der Waals surface area (Å²) in [6.07, 6.45) is 1.44. The van der Waals surface area contributed by atoms with Gasteiger partial charge < -0.3 is 15.2 Å². The second-order valence-electron chi connectivity index (χ2n) is 5.44. The zero-order valence-corrected chi connectivity index (χ0v) is 12.3. The van der Waals surface area contributed by atoms with E-state index >= 15 is 0 Å². The van der Waals surface area contributed by atoms with E-state index in [4.69, 9.17) is 4.74 Å².